The molecule has 172 valence electrons. The number of pyridine rings is 1. The number of aliphatic hydroxyl groups is 1. The maximum Gasteiger partial charge on any atom is 0.194 e. The first-order chi connectivity index (χ1) is 17.1. The van der Waals surface area contributed by atoms with E-state index < -0.39 is 0 Å². The highest BCUT2D eigenvalue weighted by Crippen LogP contribution is 2.30. The van der Waals surface area contributed by atoms with E-state index in [4.69, 9.17) is 4.98 Å². The minimum atomic E-state index is -0.0444. The fourth-order valence-electron chi connectivity index (χ4n) is 3.87. The predicted molar refractivity (Wildman–Crippen MR) is 127 cm³/mol. The number of aryl methyl sites for hydroxylation is 1. The normalized spacial score (nSPS) is 10.9. The van der Waals surface area contributed by atoms with Gasteiger partial charge in [0.2, 0.25) is 0 Å². The number of nitrogens with one attached hydrogen (secondary N) is 2. The maximum absolute atomic E-state index is 10.9. The van der Waals surface area contributed by atoms with Crippen molar-refractivity contribution in [2.24, 2.45) is 0 Å². The monoisotopic (exact) mass is 465 g/mol. The van der Waals surface area contributed by atoms with Gasteiger partial charge in [0.05, 0.1) is 22.3 Å². The Morgan fingerprint density at radius 2 is 2.09 bits per heavy atom. The third-order valence-electron chi connectivity index (χ3n) is 5.48. The van der Waals surface area contributed by atoms with E-state index in [2.05, 4.69) is 36.5 Å². The first-order valence-corrected chi connectivity index (χ1v) is 10.7. The second-order valence-electron chi connectivity index (χ2n) is 7.70. The standard InChI is InChI=1S/C24H19N9O2/c1-14-23(18(11-25)32-31-14)24-15(7-9-34)2-5-22(30-24)33-13-27-17-10-16(3-4-19(17)33)28-20-6-8-26-21(12-35)29-20/h2-6,8,10,12-13,34H,7,9H2,1H3,(H,31,32)(H,26,28,29). The van der Waals surface area contributed by atoms with Crippen LogP contribution in [0, 0.1) is 18.3 Å². The predicted octanol–water partition coefficient (Wildman–Crippen LogP) is 2.87. The average molecular weight is 465 g/mol. The van der Waals surface area contributed by atoms with Crippen LogP contribution >= 0.6 is 0 Å². The van der Waals surface area contributed by atoms with Crippen LogP contribution in [0.1, 0.15) is 27.6 Å². The van der Waals surface area contributed by atoms with Crippen LogP contribution in [0.25, 0.3) is 28.1 Å². The quantitative estimate of drug-likeness (QED) is 0.307. The fraction of sp³-hybridized carbons (Fsp3) is 0.125. The fourth-order valence-corrected chi connectivity index (χ4v) is 3.87. The summed E-state index contributed by atoms with van der Waals surface area (Å²) < 4.78 is 1.85. The number of carbonyl (C=O) groups is 1. The lowest BCUT2D eigenvalue weighted by molar-refractivity contribution is 0.111. The highest BCUT2D eigenvalue weighted by Gasteiger charge is 2.19. The number of anilines is 2. The van der Waals surface area contributed by atoms with Crippen LogP contribution in [0.2, 0.25) is 0 Å². The van der Waals surface area contributed by atoms with Crippen molar-refractivity contribution >= 4 is 28.8 Å². The van der Waals surface area contributed by atoms with E-state index in [9.17, 15) is 15.2 Å². The van der Waals surface area contributed by atoms with Crippen molar-refractivity contribution in [1.82, 2.24) is 34.7 Å². The lowest BCUT2D eigenvalue weighted by Crippen LogP contribution is -2.03. The summed E-state index contributed by atoms with van der Waals surface area (Å²) in [5.74, 6) is 1.20. The third-order valence-corrected chi connectivity index (χ3v) is 5.48. The van der Waals surface area contributed by atoms with E-state index in [1.54, 1.807) is 12.4 Å². The van der Waals surface area contributed by atoms with Gasteiger partial charge in [-0.25, -0.2) is 19.9 Å². The molecule has 0 aliphatic rings. The van der Waals surface area contributed by atoms with Crippen LogP contribution in [0.3, 0.4) is 0 Å². The summed E-state index contributed by atoms with van der Waals surface area (Å²) in [5, 5.41) is 29.1. The summed E-state index contributed by atoms with van der Waals surface area (Å²) in [5.41, 5.74) is 5.29. The summed E-state index contributed by atoms with van der Waals surface area (Å²) >= 11 is 0. The Hall–Kier alpha value is -4.95. The topological polar surface area (TPSA) is 158 Å². The van der Waals surface area contributed by atoms with Crippen molar-refractivity contribution in [2.75, 3.05) is 11.9 Å². The molecule has 0 spiro atoms. The number of rotatable bonds is 7. The van der Waals surface area contributed by atoms with Crippen LogP contribution in [-0.2, 0) is 6.42 Å². The van der Waals surface area contributed by atoms with Gasteiger partial charge in [0, 0.05) is 24.2 Å². The summed E-state index contributed by atoms with van der Waals surface area (Å²) in [7, 11) is 0. The second-order valence-corrected chi connectivity index (χ2v) is 7.70. The molecule has 0 unspecified atom stereocenters. The molecular weight excluding hydrogens is 446 g/mol. The van der Waals surface area contributed by atoms with Crippen LogP contribution < -0.4 is 5.32 Å². The number of nitrogens with zero attached hydrogens (tertiary/aromatic N) is 7. The number of hydrogen-bond acceptors (Lipinski definition) is 9. The zero-order valence-electron chi connectivity index (χ0n) is 18.6. The van der Waals surface area contributed by atoms with Gasteiger partial charge in [-0.3, -0.25) is 14.5 Å². The van der Waals surface area contributed by atoms with Gasteiger partial charge in [0.15, 0.2) is 17.8 Å². The number of fused-ring (bicyclic) bond motifs is 1. The zero-order valence-corrected chi connectivity index (χ0v) is 18.6. The van der Waals surface area contributed by atoms with Gasteiger partial charge in [-0.1, -0.05) is 6.07 Å². The number of hydrogen-bond donors (Lipinski definition) is 3. The van der Waals surface area contributed by atoms with Gasteiger partial charge in [-0.05, 0) is 49.2 Å². The van der Waals surface area contributed by atoms with E-state index in [-0.39, 0.29) is 18.1 Å². The number of imidazole rings is 1. The Kier molecular flexibility index (Phi) is 5.70. The van der Waals surface area contributed by atoms with Crippen LogP contribution in [0.4, 0.5) is 11.5 Å². The number of benzene rings is 1. The molecule has 3 N–H and O–H groups in total. The van der Waals surface area contributed by atoms with E-state index in [0.717, 1.165) is 28.0 Å². The molecule has 1 aromatic carbocycles. The van der Waals surface area contributed by atoms with Crippen molar-refractivity contribution in [3.63, 3.8) is 0 Å². The maximum atomic E-state index is 10.9. The minimum Gasteiger partial charge on any atom is -0.396 e. The number of aromatic nitrogens is 7. The Morgan fingerprint density at radius 1 is 1.20 bits per heavy atom. The van der Waals surface area contributed by atoms with Gasteiger partial charge in [-0.2, -0.15) is 10.4 Å². The first-order valence-electron chi connectivity index (χ1n) is 10.7. The summed E-state index contributed by atoms with van der Waals surface area (Å²) in [4.78, 5) is 28.3. The first kappa shape index (κ1) is 21.9. The number of aldehydes is 1. The molecule has 4 heterocycles. The number of aliphatic hydroxyl groups excluding tert-OH is 1. The van der Waals surface area contributed by atoms with Crippen molar-refractivity contribution in [3.05, 3.63) is 71.7 Å². The van der Waals surface area contributed by atoms with Crippen LogP contribution in [-0.4, -0.2) is 52.7 Å². The lowest BCUT2D eigenvalue weighted by atomic mass is 10.0. The molecular formula is C24H19N9O2. The van der Waals surface area contributed by atoms with Gasteiger partial charge >= 0.3 is 0 Å². The number of carbonyl (C=O) groups excluding carboxylic acids is 1. The van der Waals surface area contributed by atoms with Crippen molar-refractivity contribution in [3.8, 4) is 23.1 Å². The molecule has 0 aliphatic heterocycles. The van der Waals surface area contributed by atoms with Crippen LogP contribution in [0.5, 0.6) is 0 Å². The van der Waals surface area contributed by atoms with Crippen molar-refractivity contribution < 1.29 is 9.90 Å². The smallest absolute Gasteiger partial charge is 0.194 e. The SMILES string of the molecule is Cc1[nH]nc(C#N)c1-c1nc(-n2cnc3cc(Nc4ccnc(C=O)n4)ccc32)ccc1CCO. The molecule has 0 aliphatic carbocycles. The lowest BCUT2D eigenvalue weighted by Gasteiger charge is -2.12. The zero-order chi connectivity index (χ0) is 24.4. The molecule has 0 amide bonds. The summed E-state index contributed by atoms with van der Waals surface area (Å²) in [6, 6.07) is 13.2. The second kappa shape index (κ2) is 9.12. The molecule has 5 rings (SSSR count). The van der Waals surface area contributed by atoms with Gasteiger partial charge in [0.1, 0.15) is 24.0 Å². The van der Waals surface area contributed by atoms with Gasteiger partial charge < -0.3 is 10.4 Å². The molecule has 0 fully saturated rings. The highest BCUT2D eigenvalue weighted by atomic mass is 16.3. The molecule has 0 saturated carbocycles. The number of H-pyrrole nitrogens is 1. The highest BCUT2D eigenvalue weighted by molar-refractivity contribution is 5.82. The average Bonchev–Trinajstić information content (AvgIpc) is 3.47. The Labute approximate surface area is 199 Å². The molecule has 5 aromatic rings. The molecule has 0 atom stereocenters. The minimum absolute atomic E-state index is 0.0444. The molecule has 11 nitrogen and oxygen atoms in total. The van der Waals surface area contributed by atoms with E-state index in [0.29, 0.717) is 35.6 Å². The molecule has 0 bridgehead atoms. The third kappa shape index (κ3) is 4.09. The van der Waals surface area contributed by atoms with E-state index >= 15 is 0 Å². The Balaban J connectivity index is 1.54. The molecule has 35 heavy (non-hydrogen) atoms. The Bertz CT molecular complexity index is 1600. The molecule has 11 heteroatoms. The van der Waals surface area contributed by atoms with Crippen LogP contribution in [0.15, 0.2) is 48.9 Å². The molecule has 0 radical (unpaired) electrons. The number of aromatic amines is 1. The largest absolute Gasteiger partial charge is 0.396 e. The van der Waals surface area contributed by atoms with E-state index in [1.165, 1.54) is 6.20 Å². The van der Waals surface area contributed by atoms with Crippen molar-refractivity contribution in [1.29, 1.82) is 5.26 Å². The summed E-state index contributed by atoms with van der Waals surface area (Å²) in [6.07, 6.45) is 4.17. The number of nitriles is 1. The van der Waals surface area contributed by atoms with Crippen molar-refractivity contribution in [2.45, 2.75) is 13.3 Å². The van der Waals surface area contributed by atoms with Gasteiger partial charge in [0.25, 0.3) is 0 Å². The molecule has 0 saturated heterocycles. The Morgan fingerprint density at radius 3 is 2.89 bits per heavy atom. The molecule has 4 aromatic heterocycles. The van der Waals surface area contributed by atoms with E-state index in [1.807, 2.05) is 41.8 Å². The summed E-state index contributed by atoms with van der Waals surface area (Å²) in [6.45, 7) is 1.79. The van der Waals surface area contributed by atoms with Gasteiger partial charge in [-0.15, -0.1) is 0 Å².